The van der Waals surface area contributed by atoms with Crippen LogP contribution in [0.2, 0.25) is 5.79 Å². The molecule has 0 aromatic heterocycles. The third-order valence-corrected chi connectivity index (χ3v) is 0. The Morgan fingerprint density at radius 1 is 1.75 bits per heavy atom. The molecule has 2 N–H and O–H groups in total. The zero-order valence-electron chi connectivity index (χ0n) is 2.56. The standard InChI is InChI=1S/CH3.Al.ClH.H2N/h1H3;;1H;1H2/q;+1;;-1. The van der Waals surface area contributed by atoms with Crippen LogP contribution in [0.5, 0.6) is 0 Å². The van der Waals surface area contributed by atoms with Gasteiger partial charge < -0.3 is 4.72 Å². The summed E-state index contributed by atoms with van der Waals surface area (Å²) in [6.45, 7) is 0. The summed E-state index contributed by atoms with van der Waals surface area (Å²) in [5.41, 5.74) is 0. The van der Waals surface area contributed by atoms with Gasteiger partial charge >= 0.3 is 15.4 Å². The molecule has 0 saturated carbocycles. The second-order valence-electron chi connectivity index (χ2n) is 0.333. The topological polar surface area (TPSA) is 26.0 Å². The van der Waals surface area contributed by atoms with E-state index in [4.69, 9.17) is 4.72 Å². The fourth-order valence-electron chi connectivity index (χ4n) is 0. The quantitative estimate of drug-likeness (QED) is 0.421. The van der Waals surface area contributed by atoms with Crippen LogP contribution in [-0.4, -0.2) is 15.4 Å². The van der Waals surface area contributed by atoms with Gasteiger partial charge in [-0.05, 0) is 0 Å². The van der Waals surface area contributed by atoms with Gasteiger partial charge in [-0.25, -0.2) is 0 Å². The van der Waals surface area contributed by atoms with Gasteiger partial charge in [-0.15, -0.1) is 12.4 Å². The normalized spacial score (nSPS) is 3.50. The lowest BCUT2D eigenvalue weighted by molar-refractivity contribution is 1.88. The first-order chi connectivity index (χ1) is 1.41. The highest BCUT2D eigenvalue weighted by atomic mass is 35.5. The van der Waals surface area contributed by atoms with Crippen molar-refractivity contribution in [2.45, 2.75) is 5.79 Å². The minimum absolute atomic E-state index is 0. The summed E-state index contributed by atoms with van der Waals surface area (Å²) in [6, 6.07) is 0. The lowest BCUT2D eigenvalue weighted by atomic mass is 11.9. The predicted octanol–water partition coefficient (Wildman–Crippen LogP) is 0.0342. The van der Waals surface area contributed by atoms with Crippen LogP contribution >= 0.6 is 12.4 Å². The summed E-state index contributed by atoms with van der Waals surface area (Å²) in [7, 11) is 0. The van der Waals surface area contributed by atoms with Crippen molar-refractivity contribution in [3.05, 3.63) is 0 Å². The summed E-state index contributed by atoms with van der Waals surface area (Å²) in [6.07, 6.45) is 0. The molecule has 0 aliphatic carbocycles. The van der Waals surface area contributed by atoms with Crippen LogP contribution in [0.15, 0.2) is 0 Å². The van der Waals surface area contributed by atoms with Gasteiger partial charge in [-0.3, -0.25) is 0 Å². The molecule has 0 rings (SSSR count). The molecule has 0 aromatic rings. The second-order valence-corrected chi connectivity index (χ2v) is 1.00. The molecule has 1 radical (unpaired) electrons. The Kier molecular flexibility index (Phi) is 20.4. The molecule has 25 valence electrons. The zero-order chi connectivity index (χ0) is 2.71. The third-order valence-electron chi connectivity index (χ3n) is 0. The van der Waals surface area contributed by atoms with Crippen LogP contribution in [-0.2, 0) is 0 Å². The van der Waals surface area contributed by atoms with Crippen molar-refractivity contribution in [1.29, 1.82) is 0 Å². The molecule has 0 amide bonds. The molecule has 0 fully saturated rings. The summed E-state index contributed by atoms with van der Waals surface area (Å²) >= 11 is 0.250. The third kappa shape index (κ3) is 14.4. The van der Waals surface area contributed by atoms with E-state index >= 15 is 0 Å². The van der Waals surface area contributed by atoms with E-state index in [1.54, 1.807) is 0 Å². The van der Waals surface area contributed by atoms with E-state index in [-0.39, 0.29) is 27.8 Å². The van der Waals surface area contributed by atoms with Gasteiger partial charge in [0.2, 0.25) is 0 Å². The molecule has 0 aromatic carbocycles. The maximum absolute atomic E-state index is 4.93. The molecule has 0 saturated heterocycles. The van der Waals surface area contributed by atoms with E-state index in [0.29, 0.717) is 0 Å². The average molecular weight is 94.5 g/mol. The molecule has 1 nitrogen and oxygen atoms in total. The number of hydrogen-bond acceptors (Lipinski definition) is 1. The number of hydrogen-bond donors (Lipinski definition) is 1. The highest BCUT2D eigenvalue weighted by Crippen LogP contribution is 1.15. The molecule has 0 aliphatic heterocycles. The van der Waals surface area contributed by atoms with Crippen molar-refractivity contribution < 1.29 is 0 Å². The molecular formula is CH6AlClN. The van der Waals surface area contributed by atoms with E-state index in [2.05, 4.69) is 0 Å². The SMILES string of the molecule is Cl.[CH3][Al][NH2]. The van der Waals surface area contributed by atoms with Crippen molar-refractivity contribution >= 4 is 27.8 Å². The average Bonchev–Trinajstić information content (AvgIpc) is 0.918. The van der Waals surface area contributed by atoms with Crippen molar-refractivity contribution in [1.82, 2.24) is 0 Å². The van der Waals surface area contributed by atoms with Crippen LogP contribution in [0.25, 0.3) is 0 Å². The minimum atomic E-state index is 0. The largest absolute Gasteiger partial charge is 0.420 e. The van der Waals surface area contributed by atoms with Crippen molar-refractivity contribution in [2.75, 3.05) is 0 Å². The maximum Gasteiger partial charge on any atom is 0.313 e. The molecule has 0 bridgehead atoms. The predicted molar refractivity (Wildman–Crippen MR) is 23.1 cm³/mol. The van der Waals surface area contributed by atoms with E-state index in [1.165, 1.54) is 0 Å². The van der Waals surface area contributed by atoms with Gasteiger partial charge in [0.05, 0.1) is 0 Å². The Morgan fingerprint density at radius 3 is 1.75 bits per heavy atom. The van der Waals surface area contributed by atoms with Gasteiger partial charge in [-0.1, -0.05) is 5.79 Å². The summed E-state index contributed by atoms with van der Waals surface area (Å²) in [4.78, 5) is 0. The molecule has 0 aliphatic rings. The highest BCUT2D eigenvalue weighted by molar-refractivity contribution is 6.28. The fraction of sp³-hybridized carbons (Fsp3) is 1.00. The lowest BCUT2D eigenvalue weighted by Gasteiger charge is -1.43. The van der Waals surface area contributed by atoms with Crippen LogP contribution in [0, 0.1) is 0 Å². The van der Waals surface area contributed by atoms with Crippen molar-refractivity contribution in [3.63, 3.8) is 0 Å². The van der Waals surface area contributed by atoms with E-state index < -0.39 is 0 Å². The molecule has 0 atom stereocenters. The summed E-state index contributed by atoms with van der Waals surface area (Å²) < 4.78 is 4.93. The monoisotopic (exact) mass is 94.0 g/mol. The van der Waals surface area contributed by atoms with Gasteiger partial charge in [0.1, 0.15) is 0 Å². The number of halogens is 1. The molecule has 4 heavy (non-hydrogen) atoms. The lowest BCUT2D eigenvalue weighted by Crippen LogP contribution is -1.94. The van der Waals surface area contributed by atoms with Crippen molar-refractivity contribution in [3.8, 4) is 0 Å². The van der Waals surface area contributed by atoms with Gasteiger partial charge in [0.15, 0.2) is 0 Å². The van der Waals surface area contributed by atoms with Crippen LogP contribution < -0.4 is 4.72 Å². The van der Waals surface area contributed by atoms with Crippen LogP contribution in [0.4, 0.5) is 0 Å². The smallest absolute Gasteiger partial charge is 0.313 e. The van der Waals surface area contributed by atoms with E-state index in [0.717, 1.165) is 0 Å². The zero-order valence-corrected chi connectivity index (χ0v) is 4.53. The second kappa shape index (κ2) is 9.22. The Labute approximate surface area is 38.9 Å². The first-order valence-electron chi connectivity index (χ1n) is 0.911. The molecule has 0 unspecified atom stereocenters. The number of rotatable bonds is 0. The van der Waals surface area contributed by atoms with Gasteiger partial charge in [0, 0.05) is 0 Å². The molecular weight excluding hydrogens is 88.5 g/mol. The summed E-state index contributed by atoms with van der Waals surface area (Å²) in [5.74, 6) is 1.99. The first kappa shape index (κ1) is 8.84. The fourth-order valence-corrected chi connectivity index (χ4v) is 0. The van der Waals surface area contributed by atoms with Gasteiger partial charge in [-0.2, -0.15) is 0 Å². The van der Waals surface area contributed by atoms with E-state index in [9.17, 15) is 0 Å². The maximum atomic E-state index is 4.93. The molecule has 0 spiro atoms. The van der Waals surface area contributed by atoms with E-state index in [1.807, 2.05) is 5.79 Å². The Balaban J connectivity index is 0. The van der Waals surface area contributed by atoms with Crippen LogP contribution in [0.3, 0.4) is 0 Å². The minimum Gasteiger partial charge on any atom is -0.420 e. The Morgan fingerprint density at radius 2 is 1.75 bits per heavy atom. The Hall–Kier alpha value is 0.782. The van der Waals surface area contributed by atoms with Gasteiger partial charge in [0.25, 0.3) is 0 Å². The molecule has 3 heteroatoms. The number of nitrogens with two attached hydrogens (primary N) is 1. The van der Waals surface area contributed by atoms with Crippen LogP contribution in [0.1, 0.15) is 0 Å². The highest BCUT2D eigenvalue weighted by Gasteiger charge is 1.48. The first-order valence-corrected chi connectivity index (χ1v) is 2.73. The summed E-state index contributed by atoms with van der Waals surface area (Å²) in [5, 5.41) is 0. The molecule has 0 heterocycles. The van der Waals surface area contributed by atoms with Crippen molar-refractivity contribution in [2.24, 2.45) is 4.72 Å². The Bertz CT molecular complexity index is 8.00.